The predicted molar refractivity (Wildman–Crippen MR) is 73.6 cm³/mol. The molecule has 1 fully saturated rings. The number of ether oxygens (including phenoxy) is 1. The van der Waals surface area contributed by atoms with Crippen molar-refractivity contribution in [3.63, 3.8) is 0 Å². The number of rotatable bonds is 4. The molecule has 1 aromatic carbocycles. The normalized spacial score (nSPS) is 20.0. The number of hydrogen-bond acceptors (Lipinski definition) is 4. The maximum atomic E-state index is 11.4. The SMILES string of the molecule is COC(=O)C1CCN(Cc2ccc(SC)cc2)C1. The van der Waals surface area contributed by atoms with E-state index in [0.717, 1.165) is 26.1 Å². The lowest BCUT2D eigenvalue weighted by Crippen LogP contribution is -2.23. The molecule has 0 aliphatic carbocycles. The van der Waals surface area contributed by atoms with Crippen LogP contribution in [0, 0.1) is 5.92 Å². The summed E-state index contributed by atoms with van der Waals surface area (Å²) in [4.78, 5) is 15.0. The number of benzene rings is 1. The van der Waals surface area contributed by atoms with Gasteiger partial charge in [-0.05, 0) is 36.9 Å². The van der Waals surface area contributed by atoms with Gasteiger partial charge >= 0.3 is 5.97 Å². The zero-order valence-corrected chi connectivity index (χ0v) is 11.7. The summed E-state index contributed by atoms with van der Waals surface area (Å²) in [7, 11) is 1.46. The molecule has 1 aliphatic heterocycles. The quantitative estimate of drug-likeness (QED) is 0.617. The summed E-state index contributed by atoms with van der Waals surface area (Å²) >= 11 is 1.75. The van der Waals surface area contributed by atoms with E-state index in [1.165, 1.54) is 17.6 Å². The van der Waals surface area contributed by atoms with Crippen molar-refractivity contribution in [2.75, 3.05) is 26.5 Å². The summed E-state index contributed by atoms with van der Waals surface area (Å²) in [6.07, 6.45) is 2.99. The molecule has 1 unspecified atom stereocenters. The fourth-order valence-electron chi connectivity index (χ4n) is 2.32. The van der Waals surface area contributed by atoms with E-state index in [9.17, 15) is 4.79 Å². The van der Waals surface area contributed by atoms with Gasteiger partial charge in [0.15, 0.2) is 0 Å². The lowest BCUT2D eigenvalue weighted by molar-refractivity contribution is -0.144. The molecule has 1 saturated heterocycles. The van der Waals surface area contributed by atoms with E-state index in [1.54, 1.807) is 11.8 Å². The summed E-state index contributed by atoms with van der Waals surface area (Å²) in [5.41, 5.74) is 1.30. The van der Waals surface area contributed by atoms with Gasteiger partial charge in [-0.1, -0.05) is 12.1 Å². The van der Waals surface area contributed by atoms with Gasteiger partial charge in [0.25, 0.3) is 0 Å². The number of carbonyl (C=O) groups is 1. The molecule has 0 saturated carbocycles. The predicted octanol–water partition coefficient (Wildman–Crippen LogP) is 2.40. The van der Waals surface area contributed by atoms with Crippen LogP contribution in [0.1, 0.15) is 12.0 Å². The zero-order valence-electron chi connectivity index (χ0n) is 10.9. The minimum atomic E-state index is -0.0739. The van der Waals surface area contributed by atoms with Crippen molar-refractivity contribution >= 4 is 17.7 Å². The molecule has 4 heteroatoms. The molecular formula is C14H19NO2S. The highest BCUT2D eigenvalue weighted by molar-refractivity contribution is 7.98. The Morgan fingerprint density at radius 1 is 1.44 bits per heavy atom. The maximum Gasteiger partial charge on any atom is 0.310 e. The minimum Gasteiger partial charge on any atom is -0.469 e. The van der Waals surface area contributed by atoms with Crippen molar-refractivity contribution in [1.82, 2.24) is 4.90 Å². The molecule has 3 nitrogen and oxygen atoms in total. The Hall–Kier alpha value is -1.00. The van der Waals surface area contributed by atoms with Crippen LogP contribution in [-0.4, -0.2) is 37.3 Å². The number of hydrogen-bond donors (Lipinski definition) is 0. The van der Waals surface area contributed by atoms with Crippen LogP contribution in [0.4, 0.5) is 0 Å². The van der Waals surface area contributed by atoms with Gasteiger partial charge < -0.3 is 4.74 Å². The van der Waals surface area contributed by atoms with Crippen molar-refractivity contribution in [1.29, 1.82) is 0 Å². The van der Waals surface area contributed by atoms with Gasteiger partial charge in [-0.3, -0.25) is 9.69 Å². The molecule has 0 N–H and O–H groups in total. The van der Waals surface area contributed by atoms with Gasteiger partial charge in [-0.25, -0.2) is 0 Å². The summed E-state index contributed by atoms with van der Waals surface area (Å²) in [6, 6.07) is 8.62. The van der Waals surface area contributed by atoms with E-state index >= 15 is 0 Å². The van der Waals surface area contributed by atoms with Crippen LogP contribution >= 0.6 is 11.8 Å². The number of methoxy groups -OCH3 is 1. The Kier molecular flexibility index (Phi) is 4.66. The second-order valence-corrected chi connectivity index (χ2v) is 5.47. The average Bonchev–Trinajstić information content (AvgIpc) is 2.87. The third-order valence-electron chi connectivity index (χ3n) is 3.37. The van der Waals surface area contributed by atoms with E-state index in [1.807, 2.05) is 0 Å². The molecule has 0 amide bonds. The number of carbonyl (C=O) groups excluding carboxylic acids is 1. The lowest BCUT2D eigenvalue weighted by Gasteiger charge is -2.15. The largest absolute Gasteiger partial charge is 0.469 e. The Bertz CT molecular complexity index is 405. The van der Waals surface area contributed by atoms with Crippen molar-refractivity contribution in [3.8, 4) is 0 Å². The Morgan fingerprint density at radius 2 is 2.17 bits per heavy atom. The van der Waals surface area contributed by atoms with Gasteiger partial charge in [-0.15, -0.1) is 11.8 Å². The third kappa shape index (κ3) is 3.27. The first-order chi connectivity index (χ1) is 8.72. The number of thioether (sulfide) groups is 1. The molecule has 98 valence electrons. The van der Waals surface area contributed by atoms with Crippen molar-refractivity contribution < 1.29 is 9.53 Å². The average molecular weight is 265 g/mol. The first-order valence-corrected chi connectivity index (χ1v) is 7.38. The first kappa shape index (κ1) is 13.4. The minimum absolute atomic E-state index is 0.0560. The molecule has 0 bridgehead atoms. The van der Waals surface area contributed by atoms with Crippen LogP contribution in [0.15, 0.2) is 29.2 Å². The van der Waals surface area contributed by atoms with E-state index in [2.05, 4.69) is 35.4 Å². The molecule has 1 aromatic rings. The van der Waals surface area contributed by atoms with Crippen molar-refractivity contribution in [2.24, 2.45) is 5.92 Å². The summed E-state index contributed by atoms with van der Waals surface area (Å²) < 4.78 is 4.79. The molecular weight excluding hydrogens is 246 g/mol. The highest BCUT2D eigenvalue weighted by Gasteiger charge is 2.28. The Balaban J connectivity index is 1.89. The monoisotopic (exact) mass is 265 g/mol. The zero-order chi connectivity index (χ0) is 13.0. The fourth-order valence-corrected chi connectivity index (χ4v) is 2.73. The summed E-state index contributed by atoms with van der Waals surface area (Å²) in [5, 5.41) is 0. The molecule has 18 heavy (non-hydrogen) atoms. The van der Waals surface area contributed by atoms with E-state index in [0.29, 0.717) is 0 Å². The van der Waals surface area contributed by atoms with Crippen molar-refractivity contribution in [3.05, 3.63) is 29.8 Å². The second-order valence-electron chi connectivity index (χ2n) is 4.59. The third-order valence-corrected chi connectivity index (χ3v) is 4.12. The van der Waals surface area contributed by atoms with E-state index < -0.39 is 0 Å². The van der Waals surface area contributed by atoms with Crippen LogP contribution in [0.2, 0.25) is 0 Å². The molecule has 1 aliphatic rings. The number of esters is 1. The van der Waals surface area contributed by atoms with E-state index in [-0.39, 0.29) is 11.9 Å². The summed E-state index contributed by atoms with van der Waals surface area (Å²) in [5.74, 6) is -0.0179. The highest BCUT2D eigenvalue weighted by Crippen LogP contribution is 2.21. The molecule has 2 rings (SSSR count). The maximum absolute atomic E-state index is 11.4. The molecule has 1 atom stereocenters. The van der Waals surface area contributed by atoms with Crippen LogP contribution in [0.3, 0.4) is 0 Å². The highest BCUT2D eigenvalue weighted by atomic mass is 32.2. The van der Waals surface area contributed by atoms with Gasteiger partial charge in [0, 0.05) is 18.0 Å². The van der Waals surface area contributed by atoms with Crippen LogP contribution < -0.4 is 0 Å². The molecule has 0 spiro atoms. The van der Waals surface area contributed by atoms with Crippen LogP contribution in [-0.2, 0) is 16.1 Å². The molecule has 1 heterocycles. The smallest absolute Gasteiger partial charge is 0.310 e. The topological polar surface area (TPSA) is 29.5 Å². The van der Waals surface area contributed by atoms with Crippen LogP contribution in [0.25, 0.3) is 0 Å². The lowest BCUT2D eigenvalue weighted by atomic mass is 10.1. The van der Waals surface area contributed by atoms with Gasteiger partial charge in [0.1, 0.15) is 0 Å². The summed E-state index contributed by atoms with van der Waals surface area (Å²) in [6.45, 7) is 2.71. The standard InChI is InChI=1S/C14H19NO2S/c1-17-14(16)12-7-8-15(10-12)9-11-3-5-13(18-2)6-4-11/h3-6,12H,7-10H2,1-2H3. The fraction of sp³-hybridized carbons (Fsp3) is 0.500. The Morgan fingerprint density at radius 3 is 2.78 bits per heavy atom. The van der Waals surface area contributed by atoms with Gasteiger partial charge in [-0.2, -0.15) is 0 Å². The molecule has 0 radical (unpaired) electrons. The van der Waals surface area contributed by atoms with Gasteiger partial charge in [0.2, 0.25) is 0 Å². The number of nitrogens with zero attached hydrogens (tertiary/aromatic N) is 1. The van der Waals surface area contributed by atoms with Gasteiger partial charge in [0.05, 0.1) is 13.0 Å². The second kappa shape index (κ2) is 6.25. The first-order valence-electron chi connectivity index (χ1n) is 6.16. The molecule has 0 aromatic heterocycles. The Labute approximate surface area is 113 Å². The van der Waals surface area contributed by atoms with Crippen LogP contribution in [0.5, 0.6) is 0 Å². The number of likely N-dealkylation sites (tertiary alicyclic amines) is 1. The van der Waals surface area contributed by atoms with E-state index in [4.69, 9.17) is 4.74 Å². The van der Waals surface area contributed by atoms with Crippen molar-refractivity contribution in [2.45, 2.75) is 17.9 Å².